The molecule has 0 atom stereocenters. The van der Waals surface area contributed by atoms with E-state index in [0.717, 1.165) is 15.0 Å². The number of para-hydroxylation sites is 1. The highest BCUT2D eigenvalue weighted by Gasteiger charge is 2.33. The van der Waals surface area contributed by atoms with Gasteiger partial charge in [-0.25, -0.2) is 0 Å². The smallest absolute Gasteiger partial charge is 0.379 e. The molecule has 2 nitrogen and oxygen atoms in total. The third kappa shape index (κ3) is 3.73. The van der Waals surface area contributed by atoms with Gasteiger partial charge in [-0.3, -0.25) is 4.98 Å². The fraction of sp³-hybridized carbons (Fsp3) is 0.154. The minimum atomic E-state index is -4.38. The van der Waals surface area contributed by atoms with Gasteiger partial charge in [0.2, 0.25) is 0 Å². The van der Waals surface area contributed by atoms with Crippen molar-refractivity contribution in [1.82, 2.24) is 4.98 Å². The molecule has 1 aromatic carbocycles. The minimum Gasteiger partial charge on any atom is -0.379 e. The van der Waals surface area contributed by atoms with Crippen molar-refractivity contribution in [3.8, 4) is 0 Å². The monoisotopic (exact) mass is 408 g/mol. The van der Waals surface area contributed by atoms with Crippen LogP contribution in [0.1, 0.15) is 11.3 Å². The summed E-state index contributed by atoms with van der Waals surface area (Å²) in [6, 6.07) is 7.16. The lowest BCUT2D eigenvalue weighted by molar-refractivity contribution is -0.136. The normalized spacial score (nSPS) is 11.4. The quantitative estimate of drug-likeness (QED) is 0.749. The van der Waals surface area contributed by atoms with Crippen molar-refractivity contribution < 1.29 is 13.2 Å². The maximum absolute atomic E-state index is 12.8. The molecule has 0 unspecified atom stereocenters. The molecule has 2 rings (SSSR count). The molecule has 0 amide bonds. The molecule has 1 aromatic heterocycles. The van der Waals surface area contributed by atoms with Crippen LogP contribution in [0.3, 0.4) is 0 Å². The standard InChI is InChI=1S/C13H9Br2F3N2/c14-8-5-10(15)12(19-6-8)7-20-11-4-2-1-3-9(11)13(16,17)18/h1-6,20H,7H2. The van der Waals surface area contributed by atoms with Crippen molar-refractivity contribution in [1.29, 1.82) is 0 Å². The predicted molar refractivity (Wildman–Crippen MR) is 78.4 cm³/mol. The molecule has 0 saturated carbocycles. The summed E-state index contributed by atoms with van der Waals surface area (Å²) in [5.41, 5.74) is -0.0185. The molecular weight excluding hydrogens is 401 g/mol. The molecule has 1 N–H and O–H groups in total. The number of hydrogen-bond donors (Lipinski definition) is 1. The van der Waals surface area contributed by atoms with E-state index in [1.807, 2.05) is 0 Å². The molecule has 0 aliphatic rings. The molecule has 0 aliphatic heterocycles. The lowest BCUT2D eigenvalue weighted by atomic mass is 10.1. The Kier molecular flexibility index (Phi) is 4.70. The lowest BCUT2D eigenvalue weighted by Crippen LogP contribution is -2.11. The second-order valence-corrected chi connectivity index (χ2v) is 5.75. The second kappa shape index (κ2) is 6.13. The van der Waals surface area contributed by atoms with Gasteiger partial charge in [0.05, 0.1) is 17.8 Å². The molecule has 7 heteroatoms. The van der Waals surface area contributed by atoms with Gasteiger partial charge < -0.3 is 5.32 Å². The van der Waals surface area contributed by atoms with Gasteiger partial charge in [0.1, 0.15) is 0 Å². The number of rotatable bonds is 3. The fourth-order valence-electron chi connectivity index (χ4n) is 1.64. The van der Waals surface area contributed by atoms with Gasteiger partial charge in [0.25, 0.3) is 0 Å². The summed E-state index contributed by atoms with van der Waals surface area (Å²) in [7, 11) is 0. The van der Waals surface area contributed by atoms with Crippen LogP contribution in [0, 0.1) is 0 Å². The van der Waals surface area contributed by atoms with Crippen LogP contribution in [0.4, 0.5) is 18.9 Å². The van der Waals surface area contributed by atoms with Gasteiger partial charge in [-0.2, -0.15) is 13.2 Å². The van der Waals surface area contributed by atoms with E-state index >= 15 is 0 Å². The molecule has 0 spiro atoms. The number of alkyl halides is 3. The maximum atomic E-state index is 12.8. The average Bonchev–Trinajstić information content (AvgIpc) is 2.37. The van der Waals surface area contributed by atoms with Crippen LogP contribution >= 0.6 is 31.9 Å². The first-order chi connectivity index (χ1) is 9.38. The number of pyridine rings is 1. The molecule has 0 aliphatic carbocycles. The van der Waals surface area contributed by atoms with Crippen LogP contribution in [0.15, 0.2) is 45.5 Å². The van der Waals surface area contributed by atoms with Gasteiger partial charge >= 0.3 is 6.18 Å². The molecule has 106 valence electrons. The minimum absolute atomic E-state index is 0.0385. The van der Waals surface area contributed by atoms with Crippen LogP contribution in [0.25, 0.3) is 0 Å². The van der Waals surface area contributed by atoms with E-state index in [1.165, 1.54) is 12.1 Å². The Morgan fingerprint density at radius 3 is 2.50 bits per heavy atom. The lowest BCUT2D eigenvalue weighted by Gasteiger charge is -2.14. The van der Waals surface area contributed by atoms with Crippen LogP contribution in [-0.2, 0) is 12.7 Å². The Morgan fingerprint density at radius 1 is 1.15 bits per heavy atom. The molecule has 2 aromatic rings. The molecule has 0 radical (unpaired) electrons. The Balaban J connectivity index is 2.19. The van der Waals surface area contributed by atoms with Crippen molar-refractivity contribution in [2.24, 2.45) is 0 Å². The van der Waals surface area contributed by atoms with Gasteiger partial charge in [-0.05, 0) is 50.1 Å². The molecule has 0 bridgehead atoms. The first-order valence-electron chi connectivity index (χ1n) is 5.58. The number of nitrogens with zero attached hydrogens (tertiary/aromatic N) is 1. The van der Waals surface area contributed by atoms with Crippen molar-refractivity contribution in [2.75, 3.05) is 5.32 Å². The van der Waals surface area contributed by atoms with E-state index in [1.54, 1.807) is 18.3 Å². The van der Waals surface area contributed by atoms with Gasteiger partial charge in [-0.15, -0.1) is 0 Å². The topological polar surface area (TPSA) is 24.9 Å². The summed E-state index contributed by atoms with van der Waals surface area (Å²) in [4.78, 5) is 4.15. The van der Waals surface area contributed by atoms with Gasteiger partial charge in [0.15, 0.2) is 0 Å². The van der Waals surface area contributed by atoms with Crippen LogP contribution < -0.4 is 5.32 Å². The summed E-state index contributed by atoms with van der Waals surface area (Å²) in [5, 5.41) is 2.77. The Hall–Kier alpha value is -1.08. The van der Waals surface area contributed by atoms with E-state index in [4.69, 9.17) is 0 Å². The largest absolute Gasteiger partial charge is 0.418 e. The van der Waals surface area contributed by atoms with Crippen molar-refractivity contribution >= 4 is 37.5 Å². The summed E-state index contributed by atoms with van der Waals surface area (Å²) >= 11 is 6.59. The number of benzene rings is 1. The van der Waals surface area contributed by atoms with Crippen LogP contribution in [0.2, 0.25) is 0 Å². The molecule has 0 fully saturated rings. The van der Waals surface area contributed by atoms with E-state index in [9.17, 15) is 13.2 Å². The van der Waals surface area contributed by atoms with E-state index < -0.39 is 11.7 Å². The third-order valence-corrected chi connectivity index (χ3v) is 3.68. The molecule has 0 saturated heterocycles. The SMILES string of the molecule is FC(F)(F)c1ccccc1NCc1ncc(Br)cc1Br. The van der Waals surface area contributed by atoms with Crippen molar-refractivity contribution in [3.63, 3.8) is 0 Å². The summed E-state index contributed by atoms with van der Waals surface area (Å²) in [5.74, 6) is 0. The highest BCUT2D eigenvalue weighted by molar-refractivity contribution is 9.11. The van der Waals surface area contributed by atoms with Gasteiger partial charge in [0, 0.05) is 20.8 Å². The molecular formula is C13H9Br2F3N2. The van der Waals surface area contributed by atoms with E-state index in [0.29, 0.717) is 5.69 Å². The molecule has 20 heavy (non-hydrogen) atoms. The summed E-state index contributed by atoms with van der Waals surface area (Å²) < 4.78 is 40.0. The summed E-state index contributed by atoms with van der Waals surface area (Å²) in [6.45, 7) is 0.195. The van der Waals surface area contributed by atoms with Crippen LogP contribution in [0.5, 0.6) is 0 Å². The second-order valence-electron chi connectivity index (χ2n) is 3.98. The van der Waals surface area contributed by atoms with Gasteiger partial charge in [-0.1, -0.05) is 12.1 Å². The average molecular weight is 410 g/mol. The van der Waals surface area contributed by atoms with Crippen molar-refractivity contribution in [2.45, 2.75) is 12.7 Å². The zero-order valence-electron chi connectivity index (χ0n) is 10.0. The maximum Gasteiger partial charge on any atom is 0.418 e. The third-order valence-electron chi connectivity index (χ3n) is 2.56. The Bertz CT molecular complexity index is 615. The Morgan fingerprint density at radius 2 is 1.85 bits per heavy atom. The Labute approximate surface area is 130 Å². The fourth-order valence-corrected chi connectivity index (χ4v) is 2.76. The van der Waals surface area contributed by atoms with E-state index in [-0.39, 0.29) is 12.2 Å². The number of nitrogens with one attached hydrogen (secondary N) is 1. The zero-order valence-corrected chi connectivity index (χ0v) is 13.2. The zero-order chi connectivity index (χ0) is 14.8. The van der Waals surface area contributed by atoms with E-state index in [2.05, 4.69) is 42.2 Å². The predicted octanol–water partition coefficient (Wildman–Crippen LogP) is 5.24. The number of aromatic nitrogens is 1. The first-order valence-corrected chi connectivity index (χ1v) is 7.16. The first kappa shape index (κ1) is 15.3. The highest BCUT2D eigenvalue weighted by atomic mass is 79.9. The highest BCUT2D eigenvalue weighted by Crippen LogP contribution is 2.34. The number of halogens is 5. The number of anilines is 1. The molecule has 1 heterocycles. The number of hydrogen-bond acceptors (Lipinski definition) is 2. The van der Waals surface area contributed by atoms with Crippen molar-refractivity contribution in [3.05, 3.63) is 56.7 Å². The summed E-state index contributed by atoms with van der Waals surface area (Å²) in [6.07, 6.45) is -2.79. The van der Waals surface area contributed by atoms with Crippen LogP contribution in [-0.4, -0.2) is 4.98 Å².